The standard InChI is InChI=1S/C19H25N3O2S/c1-3-11-22-18(24)15-9-4-5-10-16(15)20-19(22)25-13-17(23)21-12-7-6-8-14(21)2/h4-5,9-10,14H,3,6-8,11-13H2,1-2H3. The predicted molar refractivity (Wildman–Crippen MR) is 102 cm³/mol. The number of rotatable bonds is 5. The van der Waals surface area contributed by atoms with Crippen LogP contribution in [0.4, 0.5) is 0 Å². The summed E-state index contributed by atoms with van der Waals surface area (Å²) in [5.41, 5.74) is 0.676. The fourth-order valence-electron chi connectivity index (χ4n) is 3.36. The minimum absolute atomic E-state index is 0.0197. The van der Waals surface area contributed by atoms with Crippen molar-refractivity contribution in [3.63, 3.8) is 0 Å². The molecule has 0 saturated carbocycles. The Morgan fingerprint density at radius 1 is 1.32 bits per heavy atom. The molecule has 0 spiro atoms. The molecular formula is C19H25N3O2S. The van der Waals surface area contributed by atoms with Crippen molar-refractivity contribution in [2.75, 3.05) is 12.3 Å². The van der Waals surface area contributed by atoms with Gasteiger partial charge in [0.05, 0.1) is 16.7 Å². The topological polar surface area (TPSA) is 55.2 Å². The summed E-state index contributed by atoms with van der Waals surface area (Å²) in [6, 6.07) is 7.71. The van der Waals surface area contributed by atoms with Crippen LogP contribution in [0, 0.1) is 0 Å². The van der Waals surface area contributed by atoms with Crippen molar-refractivity contribution >= 4 is 28.6 Å². The first-order valence-electron chi connectivity index (χ1n) is 9.03. The third-order valence-corrected chi connectivity index (χ3v) is 5.68. The maximum atomic E-state index is 12.8. The van der Waals surface area contributed by atoms with Gasteiger partial charge >= 0.3 is 0 Å². The van der Waals surface area contributed by atoms with Crippen LogP contribution >= 0.6 is 11.8 Å². The number of hydrogen-bond donors (Lipinski definition) is 0. The van der Waals surface area contributed by atoms with E-state index in [-0.39, 0.29) is 11.5 Å². The van der Waals surface area contributed by atoms with Gasteiger partial charge in [-0.2, -0.15) is 0 Å². The molecule has 1 atom stereocenters. The number of thioether (sulfide) groups is 1. The van der Waals surface area contributed by atoms with Gasteiger partial charge in [0.1, 0.15) is 0 Å². The molecule has 1 amide bonds. The summed E-state index contributed by atoms with van der Waals surface area (Å²) >= 11 is 1.38. The highest BCUT2D eigenvalue weighted by Crippen LogP contribution is 2.21. The second-order valence-electron chi connectivity index (χ2n) is 6.59. The lowest BCUT2D eigenvalue weighted by molar-refractivity contribution is -0.131. The molecule has 5 nitrogen and oxygen atoms in total. The molecule has 3 rings (SSSR count). The number of hydrogen-bond acceptors (Lipinski definition) is 4. The molecule has 1 saturated heterocycles. The molecule has 1 aliphatic heterocycles. The van der Waals surface area contributed by atoms with Crippen molar-refractivity contribution in [2.45, 2.75) is 57.3 Å². The van der Waals surface area contributed by atoms with E-state index in [9.17, 15) is 9.59 Å². The number of likely N-dealkylation sites (tertiary alicyclic amines) is 1. The van der Waals surface area contributed by atoms with Crippen LogP contribution in [-0.4, -0.2) is 38.7 Å². The van der Waals surface area contributed by atoms with Crippen LogP contribution in [0.2, 0.25) is 0 Å². The molecule has 1 aliphatic rings. The number of benzene rings is 1. The van der Waals surface area contributed by atoms with E-state index in [1.54, 1.807) is 4.57 Å². The second kappa shape index (κ2) is 8.04. The molecule has 25 heavy (non-hydrogen) atoms. The number of aromatic nitrogens is 2. The summed E-state index contributed by atoms with van der Waals surface area (Å²) in [5, 5.41) is 1.28. The van der Waals surface area contributed by atoms with Gasteiger partial charge in [-0.15, -0.1) is 0 Å². The number of amides is 1. The van der Waals surface area contributed by atoms with Crippen LogP contribution in [0.1, 0.15) is 39.5 Å². The predicted octanol–water partition coefficient (Wildman–Crippen LogP) is 3.30. The molecule has 1 aromatic carbocycles. The Hall–Kier alpha value is -1.82. The number of piperidine rings is 1. The van der Waals surface area contributed by atoms with Gasteiger partial charge in [0, 0.05) is 19.1 Å². The molecular weight excluding hydrogens is 334 g/mol. The highest BCUT2D eigenvalue weighted by atomic mass is 32.2. The van der Waals surface area contributed by atoms with Crippen molar-refractivity contribution in [3.8, 4) is 0 Å². The Morgan fingerprint density at radius 2 is 2.12 bits per heavy atom. The Balaban J connectivity index is 1.83. The Morgan fingerprint density at radius 3 is 2.88 bits per heavy atom. The molecule has 0 radical (unpaired) electrons. The van der Waals surface area contributed by atoms with Gasteiger partial charge in [-0.05, 0) is 44.7 Å². The number of carbonyl (C=O) groups excluding carboxylic acids is 1. The summed E-state index contributed by atoms with van der Waals surface area (Å²) in [5.74, 6) is 0.474. The number of para-hydroxylation sites is 1. The van der Waals surface area contributed by atoms with E-state index >= 15 is 0 Å². The van der Waals surface area contributed by atoms with Crippen LogP contribution < -0.4 is 5.56 Å². The van der Waals surface area contributed by atoms with E-state index in [2.05, 4.69) is 11.9 Å². The van der Waals surface area contributed by atoms with Crippen molar-refractivity contribution in [2.24, 2.45) is 0 Å². The van der Waals surface area contributed by atoms with Gasteiger partial charge in [0.2, 0.25) is 5.91 Å². The highest BCUT2D eigenvalue weighted by molar-refractivity contribution is 7.99. The largest absolute Gasteiger partial charge is 0.339 e. The van der Waals surface area contributed by atoms with Crippen LogP contribution in [0.15, 0.2) is 34.2 Å². The molecule has 134 valence electrons. The van der Waals surface area contributed by atoms with E-state index in [1.165, 1.54) is 18.2 Å². The highest BCUT2D eigenvalue weighted by Gasteiger charge is 2.23. The zero-order valence-electron chi connectivity index (χ0n) is 14.9. The average Bonchev–Trinajstić information content (AvgIpc) is 2.63. The van der Waals surface area contributed by atoms with E-state index in [0.29, 0.717) is 34.4 Å². The van der Waals surface area contributed by atoms with Crippen LogP contribution in [-0.2, 0) is 11.3 Å². The lowest BCUT2D eigenvalue weighted by atomic mass is 10.0. The zero-order valence-corrected chi connectivity index (χ0v) is 15.7. The summed E-state index contributed by atoms with van der Waals surface area (Å²) in [4.78, 5) is 32.0. The van der Waals surface area contributed by atoms with E-state index in [0.717, 1.165) is 25.8 Å². The van der Waals surface area contributed by atoms with Crippen molar-refractivity contribution in [3.05, 3.63) is 34.6 Å². The smallest absolute Gasteiger partial charge is 0.262 e. The maximum absolute atomic E-state index is 12.8. The molecule has 2 heterocycles. The monoisotopic (exact) mass is 359 g/mol. The van der Waals surface area contributed by atoms with Crippen molar-refractivity contribution in [1.82, 2.24) is 14.5 Å². The number of nitrogens with zero attached hydrogens (tertiary/aromatic N) is 3. The van der Waals surface area contributed by atoms with Gasteiger partial charge in [-0.1, -0.05) is 30.8 Å². The Bertz CT molecular complexity index is 818. The minimum atomic E-state index is -0.0197. The molecule has 0 bridgehead atoms. The molecule has 1 unspecified atom stereocenters. The van der Waals surface area contributed by atoms with Gasteiger partial charge in [-0.3, -0.25) is 14.2 Å². The first-order valence-corrected chi connectivity index (χ1v) is 10.0. The molecule has 0 aliphatic carbocycles. The quantitative estimate of drug-likeness (QED) is 0.607. The fraction of sp³-hybridized carbons (Fsp3) is 0.526. The van der Waals surface area contributed by atoms with Crippen molar-refractivity contribution in [1.29, 1.82) is 0 Å². The van der Waals surface area contributed by atoms with Crippen molar-refractivity contribution < 1.29 is 4.79 Å². The Labute approximate surface area is 152 Å². The van der Waals surface area contributed by atoms with Crippen LogP contribution in [0.5, 0.6) is 0 Å². The maximum Gasteiger partial charge on any atom is 0.262 e. The Kier molecular flexibility index (Phi) is 5.78. The number of fused-ring (bicyclic) bond motifs is 1. The molecule has 2 aromatic rings. The minimum Gasteiger partial charge on any atom is -0.339 e. The van der Waals surface area contributed by atoms with E-state index in [1.807, 2.05) is 36.1 Å². The first-order chi connectivity index (χ1) is 12.1. The van der Waals surface area contributed by atoms with Gasteiger partial charge in [0.25, 0.3) is 5.56 Å². The van der Waals surface area contributed by atoms with E-state index < -0.39 is 0 Å². The lowest BCUT2D eigenvalue weighted by Crippen LogP contribution is -2.43. The SMILES string of the molecule is CCCn1c(SCC(=O)N2CCCCC2C)nc2ccccc2c1=O. The van der Waals surface area contributed by atoms with Gasteiger partial charge < -0.3 is 4.90 Å². The van der Waals surface area contributed by atoms with E-state index in [4.69, 9.17) is 0 Å². The summed E-state index contributed by atoms with van der Waals surface area (Å²) in [6.45, 7) is 5.61. The number of carbonyl (C=O) groups is 1. The van der Waals surface area contributed by atoms with Crippen LogP contribution in [0.25, 0.3) is 10.9 Å². The summed E-state index contributed by atoms with van der Waals surface area (Å²) < 4.78 is 1.71. The fourth-order valence-corrected chi connectivity index (χ4v) is 4.27. The average molecular weight is 359 g/mol. The zero-order chi connectivity index (χ0) is 17.8. The van der Waals surface area contributed by atoms with Gasteiger partial charge in [-0.25, -0.2) is 4.98 Å². The lowest BCUT2D eigenvalue weighted by Gasteiger charge is -2.33. The molecule has 0 N–H and O–H groups in total. The molecule has 1 aromatic heterocycles. The summed E-state index contributed by atoms with van der Waals surface area (Å²) in [7, 11) is 0. The summed E-state index contributed by atoms with van der Waals surface area (Å²) in [6.07, 6.45) is 4.20. The third-order valence-electron chi connectivity index (χ3n) is 4.72. The third kappa shape index (κ3) is 3.89. The second-order valence-corrected chi connectivity index (χ2v) is 7.53. The molecule has 6 heteroatoms. The van der Waals surface area contributed by atoms with Gasteiger partial charge in [0.15, 0.2) is 5.16 Å². The molecule has 1 fully saturated rings. The van der Waals surface area contributed by atoms with Crippen LogP contribution in [0.3, 0.4) is 0 Å². The normalized spacial score (nSPS) is 17.8. The first kappa shape index (κ1) is 18.0.